The minimum absolute atomic E-state index is 0.0112. The van der Waals surface area contributed by atoms with E-state index in [9.17, 15) is 5.11 Å². The number of ether oxygens (including phenoxy) is 1. The van der Waals surface area contributed by atoms with Crippen LogP contribution in [0.1, 0.15) is 24.2 Å². The zero-order valence-corrected chi connectivity index (χ0v) is 11.1. The molecule has 100 valence electrons. The summed E-state index contributed by atoms with van der Waals surface area (Å²) >= 11 is 0. The number of aromatic hydroxyl groups is 1. The first-order chi connectivity index (χ1) is 9.20. The second-order valence-electron chi connectivity index (χ2n) is 4.35. The Morgan fingerprint density at radius 1 is 1.32 bits per heavy atom. The van der Waals surface area contributed by atoms with Gasteiger partial charge in [0.1, 0.15) is 11.5 Å². The van der Waals surface area contributed by atoms with Gasteiger partial charge in [0.25, 0.3) is 0 Å². The van der Waals surface area contributed by atoms with Crippen molar-refractivity contribution < 1.29 is 9.84 Å². The number of aromatic nitrogens is 1. The number of methoxy groups -OCH3 is 1. The summed E-state index contributed by atoms with van der Waals surface area (Å²) in [7, 11) is 1.61. The van der Waals surface area contributed by atoms with Crippen LogP contribution in [0.5, 0.6) is 11.5 Å². The van der Waals surface area contributed by atoms with Crippen molar-refractivity contribution in [1.82, 2.24) is 10.3 Å². The lowest BCUT2D eigenvalue weighted by molar-refractivity contribution is 0.407. The second kappa shape index (κ2) is 6.20. The highest BCUT2D eigenvalue weighted by molar-refractivity contribution is 5.41. The fourth-order valence-corrected chi connectivity index (χ4v) is 1.88. The molecule has 1 unspecified atom stereocenters. The monoisotopic (exact) mass is 258 g/mol. The van der Waals surface area contributed by atoms with Gasteiger partial charge in [-0.15, -0.1) is 0 Å². The number of hydrogen-bond acceptors (Lipinski definition) is 4. The normalized spacial score (nSPS) is 12.1. The van der Waals surface area contributed by atoms with E-state index >= 15 is 0 Å². The van der Waals surface area contributed by atoms with Crippen molar-refractivity contribution in [2.75, 3.05) is 7.11 Å². The molecule has 2 rings (SSSR count). The molecule has 2 aromatic rings. The third-order valence-electron chi connectivity index (χ3n) is 3.02. The number of nitrogens with one attached hydrogen (secondary N) is 1. The molecule has 1 atom stereocenters. The van der Waals surface area contributed by atoms with Crippen molar-refractivity contribution in [3.05, 3.63) is 53.9 Å². The van der Waals surface area contributed by atoms with Gasteiger partial charge in [-0.1, -0.05) is 6.07 Å². The molecule has 0 spiro atoms. The quantitative estimate of drug-likeness (QED) is 0.865. The minimum Gasteiger partial charge on any atom is -0.508 e. The first-order valence-corrected chi connectivity index (χ1v) is 6.21. The average molecular weight is 258 g/mol. The van der Waals surface area contributed by atoms with Gasteiger partial charge in [-0.25, -0.2) is 0 Å². The summed E-state index contributed by atoms with van der Waals surface area (Å²) in [5.74, 6) is 1.00. The van der Waals surface area contributed by atoms with Gasteiger partial charge in [0.15, 0.2) is 0 Å². The van der Waals surface area contributed by atoms with E-state index in [1.807, 2.05) is 31.2 Å². The van der Waals surface area contributed by atoms with Gasteiger partial charge in [-0.2, -0.15) is 0 Å². The van der Waals surface area contributed by atoms with E-state index in [1.165, 1.54) is 0 Å². The van der Waals surface area contributed by atoms with E-state index < -0.39 is 0 Å². The van der Waals surface area contributed by atoms with Crippen molar-refractivity contribution in [2.45, 2.75) is 19.5 Å². The van der Waals surface area contributed by atoms with Gasteiger partial charge in [-0.3, -0.25) is 4.98 Å². The molecular weight excluding hydrogens is 240 g/mol. The first kappa shape index (κ1) is 13.4. The fraction of sp³-hybridized carbons (Fsp3) is 0.267. The van der Waals surface area contributed by atoms with Crippen LogP contribution < -0.4 is 10.1 Å². The van der Waals surface area contributed by atoms with Crippen LogP contribution in [0.15, 0.2) is 42.6 Å². The summed E-state index contributed by atoms with van der Waals surface area (Å²) in [6, 6.07) is 11.0. The first-order valence-electron chi connectivity index (χ1n) is 6.21. The van der Waals surface area contributed by atoms with E-state index in [-0.39, 0.29) is 11.8 Å². The topological polar surface area (TPSA) is 54.4 Å². The van der Waals surface area contributed by atoms with Gasteiger partial charge >= 0.3 is 0 Å². The van der Waals surface area contributed by atoms with Crippen LogP contribution in [-0.4, -0.2) is 17.2 Å². The summed E-state index contributed by atoms with van der Waals surface area (Å²) in [5.41, 5.74) is 1.78. The van der Waals surface area contributed by atoms with Crippen molar-refractivity contribution in [3.8, 4) is 11.5 Å². The zero-order valence-electron chi connectivity index (χ0n) is 11.1. The number of benzene rings is 1. The third-order valence-corrected chi connectivity index (χ3v) is 3.02. The Morgan fingerprint density at radius 2 is 2.16 bits per heavy atom. The predicted octanol–water partition coefficient (Wildman–Crippen LogP) is 2.65. The van der Waals surface area contributed by atoms with Crippen molar-refractivity contribution in [2.24, 2.45) is 0 Å². The molecule has 0 amide bonds. The third kappa shape index (κ3) is 3.45. The maximum atomic E-state index is 9.89. The van der Waals surface area contributed by atoms with E-state index in [2.05, 4.69) is 10.3 Å². The lowest BCUT2D eigenvalue weighted by atomic mass is 10.1. The summed E-state index contributed by atoms with van der Waals surface area (Å²) < 4.78 is 5.17. The van der Waals surface area contributed by atoms with Crippen LogP contribution >= 0.6 is 0 Å². The lowest BCUT2D eigenvalue weighted by Crippen LogP contribution is -2.18. The van der Waals surface area contributed by atoms with E-state index in [0.29, 0.717) is 6.54 Å². The highest BCUT2D eigenvalue weighted by atomic mass is 16.5. The lowest BCUT2D eigenvalue weighted by Gasteiger charge is -2.16. The largest absolute Gasteiger partial charge is 0.508 e. The molecule has 1 heterocycles. The molecule has 0 saturated heterocycles. The van der Waals surface area contributed by atoms with Crippen LogP contribution in [0.25, 0.3) is 0 Å². The number of nitrogens with zero attached hydrogens (tertiary/aromatic N) is 1. The standard InChI is InChI=1S/C15H18N2O2/c1-11(17-10-12-5-3-4-8-16-12)14-9-13(19-2)6-7-15(14)18/h3-9,11,17-18H,10H2,1-2H3. The van der Waals surface area contributed by atoms with Gasteiger partial charge < -0.3 is 15.2 Å². The Morgan fingerprint density at radius 3 is 2.84 bits per heavy atom. The van der Waals surface area contributed by atoms with Crippen LogP contribution in [0.3, 0.4) is 0 Å². The van der Waals surface area contributed by atoms with Gasteiger partial charge in [0.05, 0.1) is 12.8 Å². The minimum atomic E-state index is 0.0112. The average Bonchev–Trinajstić information content (AvgIpc) is 2.46. The number of hydrogen-bond donors (Lipinski definition) is 2. The molecule has 4 heteroatoms. The van der Waals surface area contributed by atoms with E-state index in [0.717, 1.165) is 17.0 Å². The Balaban J connectivity index is 2.05. The van der Waals surface area contributed by atoms with Crippen LogP contribution in [0.2, 0.25) is 0 Å². The molecule has 1 aromatic carbocycles. The predicted molar refractivity (Wildman–Crippen MR) is 74.2 cm³/mol. The number of phenols is 1. The SMILES string of the molecule is COc1ccc(O)c(C(C)NCc2ccccn2)c1. The van der Waals surface area contributed by atoms with Crippen LogP contribution in [-0.2, 0) is 6.54 Å². The van der Waals surface area contributed by atoms with E-state index in [1.54, 1.807) is 25.4 Å². The van der Waals surface area contributed by atoms with Crippen molar-refractivity contribution >= 4 is 0 Å². The maximum Gasteiger partial charge on any atom is 0.120 e. The van der Waals surface area contributed by atoms with Crippen molar-refractivity contribution in [3.63, 3.8) is 0 Å². The number of rotatable bonds is 5. The molecule has 0 aliphatic heterocycles. The molecule has 2 N–H and O–H groups in total. The van der Waals surface area contributed by atoms with Gasteiger partial charge in [0, 0.05) is 24.3 Å². The summed E-state index contributed by atoms with van der Waals surface area (Å²) in [5, 5.41) is 13.2. The highest BCUT2D eigenvalue weighted by Gasteiger charge is 2.11. The molecular formula is C15H18N2O2. The maximum absolute atomic E-state index is 9.89. The smallest absolute Gasteiger partial charge is 0.120 e. The molecule has 4 nitrogen and oxygen atoms in total. The molecule has 0 bridgehead atoms. The Labute approximate surface area is 113 Å². The molecule has 0 aliphatic carbocycles. The fourth-order valence-electron chi connectivity index (χ4n) is 1.88. The van der Waals surface area contributed by atoms with Gasteiger partial charge in [-0.05, 0) is 37.3 Å². The summed E-state index contributed by atoms with van der Waals surface area (Å²) in [6.45, 7) is 2.65. The van der Waals surface area contributed by atoms with Crippen LogP contribution in [0, 0.1) is 0 Å². The molecule has 0 aliphatic rings. The van der Waals surface area contributed by atoms with Gasteiger partial charge in [0.2, 0.25) is 0 Å². The summed E-state index contributed by atoms with van der Waals surface area (Å²) in [6.07, 6.45) is 1.77. The molecule has 0 saturated carbocycles. The molecule has 0 radical (unpaired) electrons. The molecule has 0 fully saturated rings. The van der Waals surface area contributed by atoms with Crippen molar-refractivity contribution in [1.29, 1.82) is 0 Å². The second-order valence-corrected chi connectivity index (χ2v) is 4.35. The number of pyridine rings is 1. The Hall–Kier alpha value is -2.07. The van der Waals surface area contributed by atoms with E-state index in [4.69, 9.17) is 4.74 Å². The van der Waals surface area contributed by atoms with Crippen LogP contribution in [0.4, 0.5) is 0 Å². The Kier molecular flexibility index (Phi) is 4.36. The molecule has 19 heavy (non-hydrogen) atoms. The molecule has 1 aromatic heterocycles. The zero-order chi connectivity index (χ0) is 13.7. The summed E-state index contributed by atoms with van der Waals surface area (Å²) in [4.78, 5) is 4.25. The highest BCUT2D eigenvalue weighted by Crippen LogP contribution is 2.28. The number of phenolic OH excluding ortho intramolecular Hbond substituents is 1. The Bertz CT molecular complexity index is 529.